The topological polar surface area (TPSA) is 94.3 Å². The van der Waals surface area contributed by atoms with E-state index >= 15 is 0 Å². The molecule has 0 aliphatic carbocycles. The summed E-state index contributed by atoms with van der Waals surface area (Å²) in [5, 5.41) is 8.63. The van der Waals surface area contributed by atoms with Crippen LogP contribution in [0, 0.1) is 6.92 Å². The van der Waals surface area contributed by atoms with Crippen LogP contribution in [-0.2, 0) is 16.0 Å². The summed E-state index contributed by atoms with van der Waals surface area (Å²) in [4.78, 5) is 27.1. The quantitative estimate of drug-likeness (QED) is 0.822. The van der Waals surface area contributed by atoms with Crippen molar-refractivity contribution in [1.29, 1.82) is 0 Å². The highest BCUT2D eigenvalue weighted by molar-refractivity contribution is 7.13. The molecule has 0 unspecified atom stereocenters. The smallest absolute Gasteiger partial charge is 0.305 e. The highest BCUT2D eigenvalue weighted by atomic mass is 32.1. The van der Waals surface area contributed by atoms with E-state index in [0.717, 1.165) is 5.69 Å². The van der Waals surface area contributed by atoms with Gasteiger partial charge in [-0.25, -0.2) is 4.98 Å². The zero-order valence-electron chi connectivity index (χ0n) is 11.7. The molecule has 0 aromatic carbocycles. The number of aromatic nitrogens is 2. The number of ether oxygens (including phenoxy) is 1. The van der Waals surface area contributed by atoms with Crippen molar-refractivity contribution in [2.75, 3.05) is 12.4 Å². The fourth-order valence-corrected chi connectivity index (χ4v) is 2.37. The summed E-state index contributed by atoms with van der Waals surface area (Å²) in [6.45, 7) is 1.71. The lowest BCUT2D eigenvalue weighted by molar-refractivity contribution is -0.140. The molecule has 2 aromatic rings. The van der Waals surface area contributed by atoms with Gasteiger partial charge in [0.1, 0.15) is 5.76 Å². The molecule has 8 heteroatoms. The van der Waals surface area contributed by atoms with Gasteiger partial charge < -0.3 is 9.26 Å². The Morgan fingerprint density at radius 3 is 2.95 bits per heavy atom. The third-order valence-electron chi connectivity index (χ3n) is 2.67. The van der Waals surface area contributed by atoms with Crippen LogP contribution in [0.25, 0.3) is 0 Å². The number of nitrogens with zero attached hydrogens (tertiary/aromatic N) is 2. The lowest BCUT2D eigenvalue weighted by Crippen LogP contribution is -2.12. The highest BCUT2D eigenvalue weighted by Crippen LogP contribution is 2.18. The zero-order chi connectivity index (χ0) is 15.2. The molecular formula is C13H15N3O4S. The molecule has 1 N–H and O–H groups in total. The summed E-state index contributed by atoms with van der Waals surface area (Å²) in [5.74, 6) is -0.0229. The molecule has 0 saturated carbocycles. The van der Waals surface area contributed by atoms with E-state index in [4.69, 9.17) is 4.52 Å². The van der Waals surface area contributed by atoms with Crippen LogP contribution in [-0.4, -0.2) is 29.1 Å². The molecule has 0 aliphatic heterocycles. The van der Waals surface area contributed by atoms with Gasteiger partial charge in [-0.1, -0.05) is 5.16 Å². The third-order valence-corrected chi connectivity index (χ3v) is 3.48. The standard InChI is InChI=1S/C13H15N3O4S/c1-8-6-10(16-20-8)12(18)15-13-14-9(7-21-13)4-3-5-11(17)19-2/h6-7H,3-5H2,1-2H3,(H,14,15,18). The summed E-state index contributed by atoms with van der Waals surface area (Å²) in [6.07, 6.45) is 1.67. The molecule has 112 valence electrons. The minimum atomic E-state index is -0.359. The Kier molecular flexibility index (Phi) is 5.04. The Morgan fingerprint density at radius 2 is 2.29 bits per heavy atom. The summed E-state index contributed by atoms with van der Waals surface area (Å²) in [6, 6.07) is 1.56. The Hall–Kier alpha value is -2.22. The van der Waals surface area contributed by atoms with E-state index in [1.54, 1.807) is 13.0 Å². The Balaban J connectivity index is 1.85. The average molecular weight is 309 g/mol. The zero-order valence-corrected chi connectivity index (χ0v) is 12.5. The Bertz CT molecular complexity index is 635. The van der Waals surface area contributed by atoms with Gasteiger partial charge in [-0.2, -0.15) is 0 Å². The molecule has 7 nitrogen and oxygen atoms in total. The molecule has 2 heterocycles. The van der Waals surface area contributed by atoms with Crippen LogP contribution in [0.1, 0.15) is 34.8 Å². The number of esters is 1. The van der Waals surface area contributed by atoms with Crippen LogP contribution in [0.15, 0.2) is 16.0 Å². The molecule has 2 rings (SSSR count). The first kappa shape index (κ1) is 15.2. The third kappa shape index (κ3) is 4.38. The van der Waals surface area contributed by atoms with Crippen LogP contribution in [0.3, 0.4) is 0 Å². The Morgan fingerprint density at radius 1 is 1.48 bits per heavy atom. The molecule has 21 heavy (non-hydrogen) atoms. The number of anilines is 1. The number of amides is 1. The average Bonchev–Trinajstić information content (AvgIpc) is 3.08. The van der Waals surface area contributed by atoms with Gasteiger partial charge >= 0.3 is 5.97 Å². The summed E-state index contributed by atoms with van der Waals surface area (Å²) in [7, 11) is 1.37. The SMILES string of the molecule is COC(=O)CCCc1csc(NC(=O)c2cc(C)on2)n1. The first-order valence-corrected chi connectivity index (χ1v) is 7.22. The van der Waals surface area contributed by atoms with Crippen molar-refractivity contribution in [2.45, 2.75) is 26.2 Å². The van der Waals surface area contributed by atoms with Gasteiger partial charge in [0.2, 0.25) is 0 Å². The second kappa shape index (κ2) is 6.98. The van der Waals surface area contributed by atoms with Gasteiger partial charge in [-0.05, 0) is 19.8 Å². The minimum Gasteiger partial charge on any atom is -0.469 e. The van der Waals surface area contributed by atoms with Crippen molar-refractivity contribution in [3.63, 3.8) is 0 Å². The highest BCUT2D eigenvalue weighted by Gasteiger charge is 2.13. The van der Waals surface area contributed by atoms with Crippen LogP contribution < -0.4 is 5.32 Å². The van der Waals surface area contributed by atoms with Crippen molar-refractivity contribution < 1.29 is 18.8 Å². The number of methoxy groups -OCH3 is 1. The first-order valence-electron chi connectivity index (χ1n) is 6.34. The van der Waals surface area contributed by atoms with Crippen molar-refractivity contribution in [2.24, 2.45) is 0 Å². The van der Waals surface area contributed by atoms with Crippen LogP contribution in [0.5, 0.6) is 0 Å². The maximum absolute atomic E-state index is 11.9. The monoisotopic (exact) mass is 309 g/mol. The largest absolute Gasteiger partial charge is 0.469 e. The lowest BCUT2D eigenvalue weighted by atomic mass is 10.2. The number of nitrogens with one attached hydrogen (secondary N) is 1. The van der Waals surface area contributed by atoms with Gasteiger partial charge in [-0.15, -0.1) is 11.3 Å². The van der Waals surface area contributed by atoms with Crippen LogP contribution in [0.4, 0.5) is 5.13 Å². The van der Waals surface area contributed by atoms with E-state index in [9.17, 15) is 9.59 Å². The molecule has 0 bridgehead atoms. The minimum absolute atomic E-state index is 0.218. The van der Waals surface area contributed by atoms with E-state index < -0.39 is 0 Å². The van der Waals surface area contributed by atoms with Gasteiger partial charge in [0.05, 0.1) is 12.8 Å². The van der Waals surface area contributed by atoms with Gasteiger partial charge in [0.15, 0.2) is 10.8 Å². The fraction of sp³-hybridized carbons (Fsp3) is 0.385. The Labute approximate surface area is 125 Å². The number of thiazole rings is 1. The van der Waals surface area contributed by atoms with E-state index in [0.29, 0.717) is 30.2 Å². The van der Waals surface area contributed by atoms with E-state index in [-0.39, 0.29) is 17.6 Å². The van der Waals surface area contributed by atoms with Crippen molar-refractivity contribution in [3.8, 4) is 0 Å². The maximum Gasteiger partial charge on any atom is 0.305 e. The second-order valence-electron chi connectivity index (χ2n) is 4.35. The number of carbonyl (C=O) groups is 2. The molecule has 0 atom stereocenters. The number of hydrogen-bond donors (Lipinski definition) is 1. The molecule has 0 spiro atoms. The number of carbonyl (C=O) groups excluding carboxylic acids is 2. The molecule has 1 amide bonds. The van der Waals surface area contributed by atoms with E-state index in [1.165, 1.54) is 18.4 Å². The number of hydrogen-bond acceptors (Lipinski definition) is 7. The van der Waals surface area contributed by atoms with Crippen molar-refractivity contribution >= 4 is 28.3 Å². The molecule has 0 radical (unpaired) electrons. The van der Waals surface area contributed by atoms with Gasteiger partial charge in [0.25, 0.3) is 5.91 Å². The van der Waals surface area contributed by atoms with Crippen LogP contribution in [0.2, 0.25) is 0 Å². The number of rotatable bonds is 6. The van der Waals surface area contributed by atoms with Gasteiger partial charge in [-0.3, -0.25) is 14.9 Å². The van der Waals surface area contributed by atoms with E-state index in [2.05, 4.69) is 20.2 Å². The molecule has 0 aliphatic rings. The van der Waals surface area contributed by atoms with Crippen molar-refractivity contribution in [3.05, 3.63) is 28.6 Å². The summed E-state index contributed by atoms with van der Waals surface area (Å²) >= 11 is 1.33. The van der Waals surface area contributed by atoms with Gasteiger partial charge in [0, 0.05) is 17.9 Å². The predicted molar refractivity (Wildman–Crippen MR) is 76.3 cm³/mol. The second-order valence-corrected chi connectivity index (χ2v) is 5.21. The van der Waals surface area contributed by atoms with E-state index in [1.807, 2.05) is 5.38 Å². The molecule has 0 saturated heterocycles. The summed E-state index contributed by atoms with van der Waals surface area (Å²) < 4.78 is 9.41. The number of aryl methyl sites for hydroxylation is 2. The fourth-order valence-electron chi connectivity index (χ4n) is 1.63. The first-order chi connectivity index (χ1) is 10.1. The normalized spacial score (nSPS) is 10.4. The lowest BCUT2D eigenvalue weighted by Gasteiger charge is -1.98. The molecule has 2 aromatic heterocycles. The van der Waals surface area contributed by atoms with Crippen LogP contribution >= 0.6 is 11.3 Å². The maximum atomic E-state index is 11.9. The van der Waals surface area contributed by atoms with Crippen molar-refractivity contribution in [1.82, 2.24) is 10.1 Å². The predicted octanol–water partition coefficient (Wildman–Crippen LogP) is 2.19. The molecular weight excluding hydrogens is 294 g/mol. The molecule has 0 fully saturated rings. The summed E-state index contributed by atoms with van der Waals surface area (Å²) in [5.41, 5.74) is 1.05.